The fraction of sp³-hybridized carbons (Fsp3) is 0.316. The number of carboxylic acids is 1. The van der Waals surface area contributed by atoms with E-state index in [0.717, 1.165) is 48.6 Å². The molecule has 2 aromatic heterocycles. The molecule has 134 valence electrons. The van der Waals surface area contributed by atoms with E-state index in [9.17, 15) is 14.3 Å². The SMILES string of the molecule is O=C(O)c1cc2nc(-c3ccc(F)cc3)c(N3CCCCCC3)nc2s1. The highest BCUT2D eigenvalue weighted by Crippen LogP contribution is 2.34. The molecule has 0 spiro atoms. The molecule has 1 aliphatic rings. The van der Waals surface area contributed by atoms with E-state index < -0.39 is 5.97 Å². The van der Waals surface area contributed by atoms with Crippen molar-refractivity contribution >= 4 is 33.5 Å². The van der Waals surface area contributed by atoms with E-state index in [0.29, 0.717) is 16.0 Å². The van der Waals surface area contributed by atoms with Gasteiger partial charge in [0, 0.05) is 18.7 Å². The highest BCUT2D eigenvalue weighted by molar-refractivity contribution is 7.20. The van der Waals surface area contributed by atoms with Gasteiger partial charge in [-0.15, -0.1) is 11.3 Å². The number of rotatable bonds is 3. The second-order valence-corrected chi connectivity index (χ2v) is 7.44. The normalized spacial score (nSPS) is 15.2. The summed E-state index contributed by atoms with van der Waals surface area (Å²) in [5.41, 5.74) is 2.02. The number of aromatic carboxylic acids is 1. The van der Waals surface area contributed by atoms with Crippen LogP contribution in [-0.2, 0) is 0 Å². The number of carboxylic acid groups (broad SMARTS) is 1. The lowest BCUT2D eigenvalue weighted by molar-refractivity contribution is 0.0702. The highest BCUT2D eigenvalue weighted by Gasteiger charge is 2.21. The Morgan fingerprint density at radius 2 is 1.77 bits per heavy atom. The summed E-state index contributed by atoms with van der Waals surface area (Å²) >= 11 is 1.14. The Morgan fingerprint density at radius 1 is 1.08 bits per heavy atom. The third-order valence-corrected chi connectivity index (χ3v) is 5.59. The molecular formula is C19H18FN3O2S. The molecule has 0 bridgehead atoms. The largest absolute Gasteiger partial charge is 0.477 e. The Morgan fingerprint density at radius 3 is 2.42 bits per heavy atom. The topological polar surface area (TPSA) is 66.3 Å². The van der Waals surface area contributed by atoms with Crippen LogP contribution >= 0.6 is 11.3 Å². The van der Waals surface area contributed by atoms with Crippen LogP contribution in [0.25, 0.3) is 21.6 Å². The summed E-state index contributed by atoms with van der Waals surface area (Å²) in [5.74, 6) is -0.526. The Balaban J connectivity index is 1.88. The van der Waals surface area contributed by atoms with E-state index >= 15 is 0 Å². The molecule has 0 saturated carbocycles. The van der Waals surface area contributed by atoms with Crippen LogP contribution < -0.4 is 4.90 Å². The van der Waals surface area contributed by atoms with Crippen molar-refractivity contribution in [2.24, 2.45) is 0 Å². The number of halogens is 1. The van der Waals surface area contributed by atoms with E-state index in [-0.39, 0.29) is 10.7 Å². The van der Waals surface area contributed by atoms with Crippen LogP contribution in [0.1, 0.15) is 35.4 Å². The number of hydrogen-bond acceptors (Lipinski definition) is 5. The van der Waals surface area contributed by atoms with Gasteiger partial charge in [-0.3, -0.25) is 0 Å². The van der Waals surface area contributed by atoms with Gasteiger partial charge in [0.15, 0.2) is 5.82 Å². The Labute approximate surface area is 154 Å². The molecule has 0 radical (unpaired) electrons. The predicted octanol–water partition coefficient (Wildman–Crippen LogP) is 4.58. The van der Waals surface area contributed by atoms with Crippen LogP contribution in [0.2, 0.25) is 0 Å². The zero-order valence-electron chi connectivity index (χ0n) is 14.1. The maximum absolute atomic E-state index is 13.3. The second kappa shape index (κ2) is 6.99. The van der Waals surface area contributed by atoms with Gasteiger partial charge in [-0.1, -0.05) is 12.8 Å². The average Bonchev–Trinajstić information content (AvgIpc) is 2.87. The summed E-state index contributed by atoms with van der Waals surface area (Å²) in [7, 11) is 0. The first-order valence-corrected chi connectivity index (χ1v) is 9.49. The number of fused-ring (bicyclic) bond motifs is 1. The molecule has 3 heterocycles. The van der Waals surface area contributed by atoms with Gasteiger partial charge in [-0.25, -0.2) is 19.2 Å². The minimum absolute atomic E-state index is 0.220. The molecule has 4 rings (SSSR count). The molecule has 1 saturated heterocycles. The molecular weight excluding hydrogens is 353 g/mol. The maximum Gasteiger partial charge on any atom is 0.346 e. The third kappa shape index (κ3) is 3.26. The number of anilines is 1. The standard InChI is InChI=1S/C19H18FN3O2S/c20-13-7-5-12(6-8-13)16-17(23-9-3-1-2-4-10-23)22-18-14(21-16)11-15(26-18)19(24)25/h5-8,11H,1-4,9-10H2,(H,24,25). The zero-order chi connectivity index (χ0) is 18.1. The smallest absolute Gasteiger partial charge is 0.346 e. The lowest BCUT2D eigenvalue weighted by atomic mass is 10.1. The van der Waals surface area contributed by atoms with Crippen molar-refractivity contribution in [1.82, 2.24) is 9.97 Å². The molecule has 3 aromatic rings. The molecule has 5 nitrogen and oxygen atoms in total. The molecule has 0 unspecified atom stereocenters. The number of benzene rings is 1. The summed E-state index contributed by atoms with van der Waals surface area (Å²) < 4.78 is 13.3. The molecule has 1 fully saturated rings. The Hall–Kier alpha value is -2.54. The van der Waals surface area contributed by atoms with Crippen LogP contribution in [0.15, 0.2) is 30.3 Å². The monoisotopic (exact) mass is 371 g/mol. The number of carbonyl (C=O) groups is 1. The molecule has 0 atom stereocenters. The van der Waals surface area contributed by atoms with Crippen LogP contribution in [0.4, 0.5) is 10.2 Å². The summed E-state index contributed by atoms with van der Waals surface area (Å²) in [6, 6.07) is 7.75. The summed E-state index contributed by atoms with van der Waals surface area (Å²) in [6.07, 6.45) is 4.57. The number of thiophene rings is 1. The molecule has 1 N–H and O–H groups in total. The van der Waals surface area contributed by atoms with Crippen LogP contribution in [-0.4, -0.2) is 34.1 Å². The van der Waals surface area contributed by atoms with Gasteiger partial charge in [0.25, 0.3) is 0 Å². The van der Waals surface area contributed by atoms with Crippen molar-refractivity contribution < 1.29 is 14.3 Å². The van der Waals surface area contributed by atoms with Gasteiger partial charge in [-0.2, -0.15) is 0 Å². The van der Waals surface area contributed by atoms with Crippen LogP contribution in [0, 0.1) is 5.82 Å². The minimum atomic E-state index is -0.977. The van der Waals surface area contributed by atoms with Gasteiger partial charge < -0.3 is 10.0 Å². The third-order valence-electron chi connectivity index (χ3n) is 4.58. The van der Waals surface area contributed by atoms with E-state index in [1.54, 1.807) is 18.2 Å². The quantitative estimate of drug-likeness (QED) is 0.730. The minimum Gasteiger partial charge on any atom is -0.477 e. The number of hydrogen-bond donors (Lipinski definition) is 1. The molecule has 7 heteroatoms. The van der Waals surface area contributed by atoms with E-state index in [1.807, 2.05) is 0 Å². The van der Waals surface area contributed by atoms with Crippen LogP contribution in [0.3, 0.4) is 0 Å². The van der Waals surface area contributed by atoms with Gasteiger partial charge in [0.05, 0.1) is 0 Å². The summed E-state index contributed by atoms with van der Waals surface area (Å²) in [6.45, 7) is 1.79. The lowest BCUT2D eigenvalue weighted by Gasteiger charge is -2.23. The maximum atomic E-state index is 13.3. The van der Waals surface area contributed by atoms with Crippen molar-refractivity contribution in [3.05, 3.63) is 41.0 Å². The van der Waals surface area contributed by atoms with Gasteiger partial charge in [0.2, 0.25) is 0 Å². The molecule has 1 aromatic carbocycles. The van der Waals surface area contributed by atoms with E-state index in [1.165, 1.54) is 25.0 Å². The zero-order valence-corrected chi connectivity index (χ0v) is 14.9. The first-order valence-electron chi connectivity index (χ1n) is 8.67. The Kier molecular flexibility index (Phi) is 4.55. The number of nitrogens with zero attached hydrogens (tertiary/aromatic N) is 3. The van der Waals surface area contributed by atoms with Crippen molar-refractivity contribution in [2.75, 3.05) is 18.0 Å². The highest BCUT2D eigenvalue weighted by atomic mass is 32.1. The number of aromatic nitrogens is 2. The van der Waals surface area contributed by atoms with Crippen molar-refractivity contribution in [2.45, 2.75) is 25.7 Å². The van der Waals surface area contributed by atoms with Crippen molar-refractivity contribution in [1.29, 1.82) is 0 Å². The van der Waals surface area contributed by atoms with E-state index in [2.05, 4.69) is 4.90 Å². The first kappa shape index (κ1) is 16.9. The molecule has 0 aliphatic carbocycles. The fourth-order valence-corrected chi connectivity index (χ4v) is 4.07. The average molecular weight is 371 g/mol. The van der Waals surface area contributed by atoms with Crippen LogP contribution in [0.5, 0.6) is 0 Å². The van der Waals surface area contributed by atoms with Crippen molar-refractivity contribution in [3.63, 3.8) is 0 Å². The molecule has 26 heavy (non-hydrogen) atoms. The van der Waals surface area contributed by atoms with Crippen molar-refractivity contribution in [3.8, 4) is 11.3 Å². The summed E-state index contributed by atoms with van der Waals surface area (Å²) in [5, 5.41) is 9.26. The molecule has 1 aliphatic heterocycles. The first-order chi connectivity index (χ1) is 12.6. The Bertz CT molecular complexity index is 947. The lowest BCUT2D eigenvalue weighted by Crippen LogP contribution is -2.25. The predicted molar refractivity (Wildman–Crippen MR) is 100 cm³/mol. The van der Waals surface area contributed by atoms with Gasteiger partial charge in [-0.05, 0) is 43.2 Å². The van der Waals surface area contributed by atoms with E-state index in [4.69, 9.17) is 9.97 Å². The van der Waals surface area contributed by atoms with Gasteiger partial charge in [0.1, 0.15) is 26.7 Å². The second-order valence-electron chi connectivity index (χ2n) is 6.41. The van der Waals surface area contributed by atoms with Gasteiger partial charge >= 0.3 is 5.97 Å². The molecule has 0 amide bonds. The fourth-order valence-electron chi connectivity index (χ4n) is 3.26. The summed E-state index contributed by atoms with van der Waals surface area (Å²) in [4.78, 5) is 23.8.